The van der Waals surface area contributed by atoms with Crippen molar-refractivity contribution in [3.05, 3.63) is 40.7 Å². The number of thiazole rings is 1. The highest BCUT2D eigenvalue weighted by atomic mass is 32.2. The summed E-state index contributed by atoms with van der Waals surface area (Å²) in [5, 5.41) is 0. The zero-order valence-electron chi connectivity index (χ0n) is 10.9. The van der Waals surface area contributed by atoms with Crippen molar-refractivity contribution in [1.29, 1.82) is 0 Å². The van der Waals surface area contributed by atoms with Gasteiger partial charge in [0.25, 0.3) is 10.0 Å². The number of rotatable bonds is 5. The van der Waals surface area contributed by atoms with Crippen molar-refractivity contribution in [3.63, 3.8) is 0 Å². The van der Waals surface area contributed by atoms with Gasteiger partial charge in [0.15, 0.2) is 0 Å². The van der Waals surface area contributed by atoms with Gasteiger partial charge in [0.2, 0.25) is 0 Å². The fraction of sp³-hybridized carbons (Fsp3) is 0.154. The maximum absolute atomic E-state index is 12.3. The van der Waals surface area contributed by atoms with E-state index in [9.17, 15) is 8.42 Å². The molecule has 3 N–H and O–H groups in total. The van der Waals surface area contributed by atoms with E-state index in [1.54, 1.807) is 35.8 Å². The van der Waals surface area contributed by atoms with E-state index in [0.29, 0.717) is 22.9 Å². The van der Waals surface area contributed by atoms with Crippen LogP contribution in [0.5, 0.6) is 0 Å². The molecule has 0 spiro atoms. The van der Waals surface area contributed by atoms with E-state index in [2.05, 4.69) is 9.71 Å². The summed E-state index contributed by atoms with van der Waals surface area (Å²) in [5.41, 5.74) is 8.63. The normalized spacial score (nSPS) is 11.9. The molecule has 0 fully saturated rings. The van der Waals surface area contributed by atoms with E-state index >= 15 is 0 Å². The summed E-state index contributed by atoms with van der Waals surface area (Å²) >= 11 is 2.73. The summed E-state index contributed by atoms with van der Waals surface area (Å²) < 4.78 is 28.6. The Morgan fingerprint density at radius 1 is 1.24 bits per heavy atom. The van der Waals surface area contributed by atoms with Crippen LogP contribution in [0.2, 0.25) is 0 Å². The number of hydrogen-bond donors (Lipinski definition) is 2. The van der Waals surface area contributed by atoms with Crippen LogP contribution in [0.1, 0.15) is 4.88 Å². The Morgan fingerprint density at radius 3 is 2.90 bits per heavy atom. The number of benzene rings is 1. The van der Waals surface area contributed by atoms with Crippen molar-refractivity contribution >= 4 is 48.6 Å². The molecule has 5 nitrogen and oxygen atoms in total. The third-order valence-electron chi connectivity index (χ3n) is 2.88. The van der Waals surface area contributed by atoms with Crippen molar-refractivity contribution in [3.8, 4) is 0 Å². The largest absolute Gasteiger partial charge is 0.330 e. The molecule has 3 aromatic rings. The number of aromatic nitrogens is 1. The average Bonchev–Trinajstić information content (AvgIpc) is 3.07. The molecular formula is C13H13N3O2S3. The molecule has 0 radical (unpaired) electrons. The van der Waals surface area contributed by atoms with Crippen LogP contribution in [-0.4, -0.2) is 19.9 Å². The molecule has 0 saturated heterocycles. The van der Waals surface area contributed by atoms with Gasteiger partial charge in [-0.15, -0.1) is 22.7 Å². The molecule has 2 aromatic heterocycles. The Bertz CT molecular complexity index is 868. The van der Waals surface area contributed by atoms with E-state index in [-0.39, 0.29) is 0 Å². The van der Waals surface area contributed by atoms with E-state index in [4.69, 9.17) is 5.73 Å². The second kappa shape index (κ2) is 5.72. The van der Waals surface area contributed by atoms with Gasteiger partial charge in [-0.3, -0.25) is 4.72 Å². The van der Waals surface area contributed by atoms with Gasteiger partial charge in [-0.25, -0.2) is 13.4 Å². The lowest BCUT2D eigenvalue weighted by molar-refractivity contribution is 0.603. The molecule has 2 heterocycles. The predicted molar refractivity (Wildman–Crippen MR) is 87.5 cm³/mol. The quantitative estimate of drug-likeness (QED) is 0.748. The minimum absolute atomic E-state index is 0.301. The van der Waals surface area contributed by atoms with Crippen LogP contribution >= 0.6 is 22.7 Å². The zero-order chi connectivity index (χ0) is 14.9. The molecule has 0 atom stereocenters. The van der Waals surface area contributed by atoms with Crippen LogP contribution in [0.3, 0.4) is 0 Å². The summed E-state index contributed by atoms with van der Waals surface area (Å²) in [5.74, 6) is 0. The Balaban J connectivity index is 1.87. The summed E-state index contributed by atoms with van der Waals surface area (Å²) in [7, 11) is -3.55. The third-order valence-corrected chi connectivity index (χ3v) is 6.69. The molecule has 3 rings (SSSR count). The van der Waals surface area contributed by atoms with Crippen LogP contribution in [-0.2, 0) is 16.4 Å². The molecule has 0 bridgehead atoms. The molecule has 0 aliphatic rings. The minimum Gasteiger partial charge on any atom is -0.330 e. The maximum atomic E-state index is 12.3. The van der Waals surface area contributed by atoms with Crippen molar-refractivity contribution in [2.45, 2.75) is 10.6 Å². The lowest BCUT2D eigenvalue weighted by Gasteiger charge is -2.06. The monoisotopic (exact) mass is 339 g/mol. The van der Waals surface area contributed by atoms with Crippen LogP contribution in [0, 0.1) is 0 Å². The molecule has 110 valence electrons. The lowest BCUT2D eigenvalue weighted by Crippen LogP contribution is -2.11. The topological polar surface area (TPSA) is 85.1 Å². The van der Waals surface area contributed by atoms with Gasteiger partial charge >= 0.3 is 0 Å². The summed E-state index contributed by atoms with van der Waals surface area (Å²) in [6, 6.07) is 8.73. The highest BCUT2D eigenvalue weighted by Gasteiger charge is 2.17. The number of nitrogens with one attached hydrogen (secondary N) is 1. The van der Waals surface area contributed by atoms with E-state index in [1.165, 1.54) is 22.7 Å². The van der Waals surface area contributed by atoms with Gasteiger partial charge < -0.3 is 5.73 Å². The molecule has 0 aliphatic heterocycles. The summed E-state index contributed by atoms with van der Waals surface area (Å²) in [6.45, 7) is 0.509. The first-order valence-electron chi connectivity index (χ1n) is 6.23. The Kier molecular flexibility index (Phi) is 3.94. The van der Waals surface area contributed by atoms with Crippen molar-refractivity contribution in [2.75, 3.05) is 11.3 Å². The van der Waals surface area contributed by atoms with Crippen LogP contribution < -0.4 is 10.5 Å². The van der Waals surface area contributed by atoms with Crippen LogP contribution in [0.4, 0.5) is 5.69 Å². The first kappa shape index (κ1) is 14.5. The maximum Gasteiger partial charge on any atom is 0.271 e. The molecule has 21 heavy (non-hydrogen) atoms. The Labute approximate surface area is 130 Å². The van der Waals surface area contributed by atoms with Crippen molar-refractivity contribution in [2.24, 2.45) is 5.73 Å². The fourth-order valence-electron chi connectivity index (χ4n) is 1.90. The number of sulfonamides is 1. The molecule has 0 saturated carbocycles. The molecule has 0 unspecified atom stereocenters. The van der Waals surface area contributed by atoms with Gasteiger partial charge in [-0.05, 0) is 43.3 Å². The fourth-order valence-corrected chi connectivity index (χ4v) is 5.04. The summed E-state index contributed by atoms with van der Waals surface area (Å²) in [4.78, 5) is 5.14. The molecule has 0 aliphatic carbocycles. The first-order valence-corrected chi connectivity index (χ1v) is 9.41. The molecule has 8 heteroatoms. The molecular weight excluding hydrogens is 326 g/mol. The van der Waals surface area contributed by atoms with Crippen LogP contribution in [0.25, 0.3) is 10.2 Å². The lowest BCUT2D eigenvalue weighted by atomic mass is 10.3. The van der Waals surface area contributed by atoms with Crippen molar-refractivity contribution in [1.82, 2.24) is 4.98 Å². The number of nitrogens with two attached hydrogens (primary N) is 1. The number of fused-ring (bicyclic) bond motifs is 1. The van der Waals surface area contributed by atoms with Gasteiger partial charge in [-0.1, -0.05) is 0 Å². The molecule has 1 aromatic carbocycles. The Hall–Kier alpha value is -1.48. The van der Waals surface area contributed by atoms with Gasteiger partial charge in [0.1, 0.15) is 4.21 Å². The van der Waals surface area contributed by atoms with Crippen LogP contribution in [0.15, 0.2) is 40.1 Å². The smallest absolute Gasteiger partial charge is 0.271 e. The SMILES string of the molecule is NCCc1ccc(S(=O)(=O)Nc2ccc3ncsc3c2)s1. The van der Waals surface area contributed by atoms with E-state index in [0.717, 1.165) is 15.1 Å². The summed E-state index contributed by atoms with van der Waals surface area (Å²) in [6.07, 6.45) is 0.688. The first-order chi connectivity index (χ1) is 10.1. The van der Waals surface area contributed by atoms with Gasteiger partial charge in [0, 0.05) is 4.88 Å². The van der Waals surface area contributed by atoms with E-state index < -0.39 is 10.0 Å². The standard InChI is InChI=1S/C13H13N3O2S3/c14-6-5-10-2-4-13(20-10)21(17,18)16-9-1-3-11-12(7-9)19-8-15-11/h1-4,7-8,16H,5-6,14H2. The second-order valence-electron chi connectivity index (χ2n) is 4.40. The number of anilines is 1. The number of hydrogen-bond acceptors (Lipinski definition) is 6. The number of nitrogens with zero attached hydrogens (tertiary/aromatic N) is 1. The van der Waals surface area contributed by atoms with Crippen molar-refractivity contribution < 1.29 is 8.42 Å². The Morgan fingerprint density at radius 2 is 2.10 bits per heavy atom. The average molecular weight is 339 g/mol. The van der Waals surface area contributed by atoms with Gasteiger partial charge in [-0.2, -0.15) is 0 Å². The third kappa shape index (κ3) is 3.08. The molecule has 0 amide bonds. The van der Waals surface area contributed by atoms with Gasteiger partial charge in [0.05, 0.1) is 21.4 Å². The number of thiophene rings is 1. The van der Waals surface area contributed by atoms with E-state index in [1.807, 2.05) is 0 Å². The minimum atomic E-state index is -3.55. The highest BCUT2D eigenvalue weighted by molar-refractivity contribution is 7.94. The second-order valence-corrected chi connectivity index (χ2v) is 8.36. The predicted octanol–water partition coefficient (Wildman–Crippen LogP) is 2.66. The highest BCUT2D eigenvalue weighted by Crippen LogP contribution is 2.26. The zero-order valence-corrected chi connectivity index (χ0v) is 13.4.